The highest BCUT2D eigenvalue weighted by Crippen LogP contribution is 2.19. The van der Waals surface area contributed by atoms with E-state index in [2.05, 4.69) is 35.1 Å². The van der Waals surface area contributed by atoms with Gasteiger partial charge in [-0.3, -0.25) is 4.79 Å². The summed E-state index contributed by atoms with van der Waals surface area (Å²) in [5, 5.41) is 2.95. The van der Waals surface area contributed by atoms with E-state index in [4.69, 9.17) is 0 Å². The summed E-state index contributed by atoms with van der Waals surface area (Å²) in [5.74, 6) is -0.0550. The van der Waals surface area contributed by atoms with Crippen LogP contribution in [0.2, 0.25) is 0 Å². The number of carbonyl (C=O) groups is 1. The van der Waals surface area contributed by atoms with Crippen LogP contribution in [0.25, 0.3) is 0 Å². The summed E-state index contributed by atoms with van der Waals surface area (Å²) in [6.45, 7) is 4.64. The summed E-state index contributed by atoms with van der Waals surface area (Å²) in [6, 6.07) is 6.06. The summed E-state index contributed by atoms with van der Waals surface area (Å²) >= 11 is 3.42. The first-order chi connectivity index (χ1) is 8.99. The van der Waals surface area contributed by atoms with E-state index in [-0.39, 0.29) is 11.9 Å². The Hall–Kier alpha value is -1.49. The molecule has 0 unspecified atom stereocenters. The molecule has 0 aliphatic carbocycles. The van der Waals surface area contributed by atoms with Crippen LogP contribution in [-0.2, 0) is 13.6 Å². The average molecular weight is 324 g/mol. The molecular weight excluding hydrogens is 306 g/mol. The number of halogens is 1. The van der Waals surface area contributed by atoms with Gasteiger partial charge in [-0.25, -0.2) is 0 Å². The number of amides is 1. The van der Waals surface area contributed by atoms with Gasteiger partial charge in [0.25, 0.3) is 5.91 Å². The van der Waals surface area contributed by atoms with Crippen molar-refractivity contribution in [1.29, 1.82) is 0 Å². The topological polar surface area (TPSA) is 39.0 Å². The van der Waals surface area contributed by atoms with Crippen molar-refractivity contribution in [2.75, 3.05) is 0 Å². The number of rotatable bonds is 4. The maximum Gasteiger partial charge on any atom is 0.268 e. The Balaban J connectivity index is 2.10. The van der Waals surface area contributed by atoms with E-state index in [0.717, 1.165) is 10.2 Å². The van der Waals surface area contributed by atoms with Gasteiger partial charge in [0.1, 0.15) is 5.69 Å². The molecule has 0 spiro atoms. The molecule has 1 N–H and O–H groups in total. The van der Waals surface area contributed by atoms with Crippen molar-refractivity contribution in [2.24, 2.45) is 7.05 Å². The molecule has 0 radical (unpaired) electrons. The van der Waals surface area contributed by atoms with Crippen molar-refractivity contribution in [3.05, 3.63) is 46.5 Å². The number of hydrogen-bond donors (Lipinski definition) is 1. The average Bonchev–Trinajstić information content (AvgIpc) is 2.92. The molecule has 2 aromatic heterocycles. The van der Waals surface area contributed by atoms with Gasteiger partial charge < -0.3 is 14.5 Å². The van der Waals surface area contributed by atoms with Gasteiger partial charge >= 0.3 is 0 Å². The van der Waals surface area contributed by atoms with Crippen molar-refractivity contribution < 1.29 is 4.79 Å². The second kappa shape index (κ2) is 5.65. The van der Waals surface area contributed by atoms with Gasteiger partial charge in [0.2, 0.25) is 0 Å². The summed E-state index contributed by atoms with van der Waals surface area (Å²) in [4.78, 5) is 12.2. The summed E-state index contributed by atoms with van der Waals surface area (Å²) in [7, 11) is 1.97. The zero-order valence-corrected chi connectivity index (χ0v) is 12.9. The number of nitrogens with one attached hydrogen (secondary N) is 1. The first-order valence-corrected chi connectivity index (χ1v) is 7.04. The zero-order chi connectivity index (χ0) is 14.0. The predicted octanol–water partition coefficient (Wildman–Crippen LogP) is 3.10. The van der Waals surface area contributed by atoms with Crippen molar-refractivity contribution in [3.8, 4) is 0 Å². The van der Waals surface area contributed by atoms with Crippen LogP contribution in [-0.4, -0.2) is 15.0 Å². The molecule has 1 amide bonds. The fourth-order valence-corrected chi connectivity index (χ4v) is 2.43. The Kier molecular flexibility index (Phi) is 4.14. The molecule has 2 aromatic rings. The van der Waals surface area contributed by atoms with E-state index >= 15 is 0 Å². The van der Waals surface area contributed by atoms with Crippen molar-refractivity contribution in [1.82, 2.24) is 14.5 Å². The molecule has 19 heavy (non-hydrogen) atoms. The summed E-state index contributed by atoms with van der Waals surface area (Å²) in [6.07, 6.45) is 3.90. The molecule has 2 heterocycles. The first kappa shape index (κ1) is 13.9. The largest absolute Gasteiger partial charge is 0.353 e. The van der Waals surface area contributed by atoms with Crippen LogP contribution < -0.4 is 5.32 Å². The maximum atomic E-state index is 12.2. The molecule has 4 nitrogen and oxygen atoms in total. The van der Waals surface area contributed by atoms with Crippen molar-refractivity contribution >= 4 is 21.8 Å². The molecule has 2 rings (SSSR count). The number of carbonyl (C=O) groups excluding carboxylic acids is 1. The predicted molar refractivity (Wildman–Crippen MR) is 79.1 cm³/mol. The molecule has 0 fully saturated rings. The molecule has 0 aliphatic rings. The molecular formula is C14H18BrN3O. The molecule has 0 atom stereocenters. The molecule has 5 heteroatoms. The zero-order valence-electron chi connectivity index (χ0n) is 11.4. The lowest BCUT2D eigenvalue weighted by molar-refractivity contribution is 0.0939. The van der Waals surface area contributed by atoms with Crippen molar-refractivity contribution in [2.45, 2.75) is 26.4 Å². The third-order valence-electron chi connectivity index (χ3n) is 3.09. The number of nitrogens with zero attached hydrogens (tertiary/aromatic N) is 2. The smallest absolute Gasteiger partial charge is 0.268 e. The Morgan fingerprint density at radius 2 is 2.21 bits per heavy atom. The third-order valence-corrected chi connectivity index (χ3v) is 3.52. The number of aryl methyl sites for hydroxylation is 1. The van der Waals surface area contributed by atoms with Crippen LogP contribution in [0.5, 0.6) is 0 Å². The summed E-state index contributed by atoms with van der Waals surface area (Å²) < 4.78 is 4.88. The van der Waals surface area contributed by atoms with Gasteiger partial charge in [-0.05, 0) is 48.0 Å². The van der Waals surface area contributed by atoms with E-state index in [1.807, 2.05) is 46.8 Å². The minimum Gasteiger partial charge on any atom is -0.353 e. The highest BCUT2D eigenvalue weighted by atomic mass is 79.9. The molecule has 0 bridgehead atoms. The lowest BCUT2D eigenvalue weighted by Crippen LogP contribution is -2.26. The Morgan fingerprint density at radius 3 is 2.79 bits per heavy atom. The van der Waals surface area contributed by atoms with Crippen LogP contribution >= 0.6 is 15.9 Å². The lowest BCUT2D eigenvalue weighted by atomic mass is 10.3. The van der Waals surface area contributed by atoms with E-state index in [1.165, 1.54) is 0 Å². The quantitative estimate of drug-likeness (QED) is 0.922. The molecule has 0 aliphatic heterocycles. The molecule has 102 valence electrons. The Morgan fingerprint density at radius 1 is 1.47 bits per heavy atom. The van der Waals surface area contributed by atoms with Crippen LogP contribution in [0.1, 0.15) is 36.1 Å². The molecule has 0 saturated heterocycles. The van der Waals surface area contributed by atoms with Crippen LogP contribution in [0.4, 0.5) is 0 Å². The highest BCUT2D eigenvalue weighted by molar-refractivity contribution is 9.10. The van der Waals surface area contributed by atoms with Crippen molar-refractivity contribution in [3.63, 3.8) is 0 Å². The van der Waals surface area contributed by atoms with E-state index in [1.54, 1.807) is 0 Å². The van der Waals surface area contributed by atoms with Gasteiger partial charge in [0, 0.05) is 35.6 Å². The standard InChI is InChI=1S/C14H18BrN3O/c1-10(2)18-9-11(15)7-13(18)14(19)16-8-12-5-4-6-17(12)3/h4-7,9-10H,8H2,1-3H3,(H,16,19). The van der Waals surface area contributed by atoms with Gasteiger partial charge in [-0.1, -0.05) is 0 Å². The maximum absolute atomic E-state index is 12.2. The molecule has 0 saturated carbocycles. The fraction of sp³-hybridized carbons (Fsp3) is 0.357. The summed E-state index contributed by atoms with van der Waals surface area (Å²) in [5.41, 5.74) is 1.76. The molecule has 0 aromatic carbocycles. The SMILES string of the molecule is CC(C)n1cc(Br)cc1C(=O)NCc1cccn1C. The minimum atomic E-state index is -0.0550. The van der Waals surface area contributed by atoms with Gasteiger partial charge in [-0.15, -0.1) is 0 Å². The van der Waals surface area contributed by atoms with Crippen LogP contribution in [0.15, 0.2) is 35.1 Å². The number of hydrogen-bond acceptors (Lipinski definition) is 1. The minimum absolute atomic E-state index is 0.0550. The third kappa shape index (κ3) is 3.10. The fourth-order valence-electron chi connectivity index (χ4n) is 2.00. The van der Waals surface area contributed by atoms with Gasteiger partial charge in [0.05, 0.1) is 6.54 Å². The Bertz CT molecular complexity index is 583. The lowest BCUT2D eigenvalue weighted by Gasteiger charge is -2.13. The second-order valence-corrected chi connectivity index (χ2v) is 5.75. The number of aromatic nitrogens is 2. The van der Waals surface area contributed by atoms with Crippen LogP contribution in [0.3, 0.4) is 0 Å². The first-order valence-electron chi connectivity index (χ1n) is 6.25. The van der Waals surface area contributed by atoms with E-state index < -0.39 is 0 Å². The van der Waals surface area contributed by atoms with Gasteiger partial charge in [0.15, 0.2) is 0 Å². The van der Waals surface area contributed by atoms with Crippen LogP contribution in [0, 0.1) is 0 Å². The monoisotopic (exact) mass is 323 g/mol. The second-order valence-electron chi connectivity index (χ2n) is 4.84. The van der Waals surface area contributed by atoms with E-state index in [0.29, 0.717) is 12.2 Å². The van der Waals surface area contributed by atoms with Gasteiger partial charge in [-0.2, -0.15) is 0 Å². The Labute approximate surface area is 121 Å². The normalized spacial score (nSPS) is 11.0. The van der Waals surface area contributed by atoms with E-state index in [9.17, 15) is 4.79 Å². The highest BCUT2D eigenvalue weighted by Gasteiger charge is 2.14.